The molecule has 5 nitrogen and oxygen atoms in total. The van der Waals surface area contributed by atoms with Gasteiger partial charge in [-0.1, -0.05) is 6.42 Å². The molecule has 1 saturated heterocycles. The summed E-state index contributed by atoms with van der Waals surface area (Å²) in [7, 11) is 0. The lowest BCUT2D eigenvalue weighted by molar-refractivity contribution is 0.0951. The highest BCUT2D eigenvalue weighted by atomic mass is 32.1. The molecule has 0 spiro atoms. The number of carbonyl (C=O) groups is 1. The van der Waals surface area contributed by atoms with Crippen LogP contribution in [0.5, 0.6) is 0 Å². The summed E-state index contributed by atoms with van der Waals surface area (Å²) in [5, 5.41) is 8.40. The summed E-state index contributed by atoms with van der Waals surface area (Å²) < 4.78 is 0. The third kappa shape index (κ3) is 3.90. The van der Waals surface area contributed by atoms with Crippen molar-refractivity contribution in [1.82, 2.24) is 20.6 Å². The first kappa shape index (κ1) is 15.1. The van der Waals surface area contributed by atoms with E-state index in [4.69, 9.17) is 0 Å². The second-order valence-electron chi connectivity index (χ2n) is 5.50. The second kappa shape index (κ2) is 7.47. The first-order valence-electron chi connectivity index (χ1n) is 7.69. The minimum atomic E-state index is -0.0619. The SMILES string of the molecule is O=C(NCCC1CCCCN1)c1ccc(-c2cscn2)nc1. The van der Waals surface area contributed by atoms with Gasteiger partial charge in [-0.25, -0.2) is 4.98 Å². The van der Waals surface area contributed by atoms with Crippen LogP contribution in [0, 0.1) is 0 Å². The predicted molar refractivity (Wildman–Crippen MR) is 87.9 cm³/mol. The summed E-state index contributed by atoms with van der Waals surface area (Å²) in [6, 6.07) is 4.18. The summed E-state index contributed by atoms with van der Waals surface area (Å²) in [6.45, 7) is 1.80. The zero-order valence-corrected chi connectivity index (χ0v) is 13.2. The van der Waals surface area contributed by atoms with E-state index in [1.165, 1.54) is 30.6 Å². The summed E-state index contributed by atoms with van der Waals surface area (Å²) in [5.74, 6) is -0.0619. The number of nitrogens with one attached hydrogen (secondary N) is 2. The van der Waals surface area contributed by atoms with Gasteiger partial charge in [-0.15, -0.1) is 11.3 Å². The van der Waals surface area contributed by atoms with Crippen LogP contribution in [0.2, 0.25) is 0 Å². The van der Waals surface area contributed by atoms with Crippen LogP contribution in [0.3, 0.4) is 0 Å². The molecule has 1 fully saturated rings. The lowest BCUT2D eigenvalue weighted by Gasteiger charge is -2.23. The van der Waals surface area contributed by atoms with E-state index >= 15 is 0 Å². The Morgan fingerprint density at radius 2 is 2.27 bits per heavy atom. The van der Waals surface area contributed by atoms with Gasteiger partial charge in [0.1, 0.15) is 0 Å². The van der Waals surface area contributed by atoms with Gasteiger partial charge in [0, 0.05) is 24.2 Å². The van der Waals surface area contributed by atoms with Crippen LogP contribution in [0.4, 0.5) is 0 Å². The van der Waals surface area contributed by atoms with Crippen molar-refractivity contribution < 1.29 is 4.79 Å². The molecule has 2 aromatic heterocycles. The van der Waals surface area contributed by atoms with Gasteiger partial charge >= 0.3 is 0 Å². The lowest BCUT2D eigenvalue weighted by atomic mass is 10.0. The van der Waals surface area contributed by atoms with Crippen LogP contribution in [-0.4, -0.2) is 35.0 Å². The van der Waals surface area contributed by atoms with Crippen molar-refractivity contribution in [2.45, 2.75) is 31.7 Å². The molecule has 1 aliphatic heterocycles. The van der Waals surface area contributed by atoms with E-state index in [-0.39, 0.29) is 5.91 Å². The van der Waals surface area contributed by atoms with Gasteiger partial charge in [0.15, 0.2) is 0 Å². The molecule has 22 heavy (non-hydrogen) atoms. The topological polar surface area (TPSA) is 66.9 Å². The Bertz CT molecular complexity index is 591. The molecule has 0 saturated carbocycles. The van der Waals surface area contributed by atoms with Gasteiger partial charge in [0.2, 0.25) is 0 Å². The zero-order chi connectivity index (χ0) is 15.2. The average molecular weight is 316 g/mol. The summed E-state index contributed by atoms with van der Waals surface area (Å²) in [5.41, 5.74) is 4.01. The Kier molecular flexibility index (Phi) is 5.13. The molecule has 0 bridgehead atoms. The van der Waals surface area contributed by atoms with Crippen molar-refractivity contribution in [3.05, 3.63) is 34.8 Å². The van der Waals surface area contributed by atoms with Crippen molar-refractivity contribution in [1.29, 1.82) is 0 Å². The average Bonchev–Trinajstić information content (AvgIpc) is 3.10. The van der Waals surface area contributed by atoms with Crippen molar-refractivity contribution in [2.75, 3.05) is 13.1 Å². The van der Waals surface area contributed by atoms with Gasteiger partial charge < -0.3 is 10.6 Å². The van der Waals surface area contributed by atoms with Crippen molar-refractivity contribution in [3.63, 3.8) is 0 Å². The maximum Gasteiger partial charge on any atom is 0.252 e. The summed E-state index contributed by atoms with van der Waals surface area (Å²) >= 11 is 1.53. The van der Waals surface area contributed by atoms with Crippen LogP contribution < -0.4 is 10.6 Å². The van der Waals surface area contributed by atoms with E-state index in [9.17, 15) is 4.79 Å². The number of hydrogen-bond donors (Lipinski definition) is 2. The van der Waals surface area contributed by atoms with Gasteiger partial charge in [-0.3, -0.25) is 9.78 Å². The third-order valence-corrected chi connectivity index (χ3v) is 4.50. The molecular weight excluding hydrogens is 296 g/mol. The van der Waals surface area contributed by atoms with E-state index < -0.39 is 0 Å². The number of thiazole rings is 1. The summed E-state index contributed by atoms with van der Waals surface area (Å²) in [6.07, 6.45) is 6.35. The number of nitrogens with zero attached hydrogens (tertiary/aromatic N) is 2. The lowest BCUT2D eigenvalue weighted by Crippen LogP contribution is -2.37. The standard InChI is InChI=1S/C16H20N4OS/c21-16(18-8-6-13-3-1-2-7-17-13)12-4-5-14(19-9-12)15-10-22-11-20-15/h4-5,9-11,13,17H,1-3,6-8H2,(H,18,21). The fourth-order valence-electron chi connectivity index (χ4n) is 2.65. The normalized spacial score (nSPS) is 18.1. The molecular formula is C16H20N4OS. The highest BCUT2D eigenvalue weighted by Crippen LogP contribution is 2.16. The number of hydrogen-bond acceptors (Lipinski definition) is 5. The fraction of sp³-hybridized carbons (Fsp3) is 0.438. The maximum absolute atomic E-state index is 12.1. The smallest absolute Gasteiger partial charge is 0.252 e. The number of rotatable bonds is 5. The molecule has 0 aliphatic carbocycles. The van der Waals surface area contributed by atoms with Crippen molar-refractivity contribution >= 4 is 17.2 Å². The van der Waals surface area contributed by atoms with Crippen molar-refractivity contribution in [2.24, 2.45) is 0 Å². The Balaban J connectivity index is 1.49. The third-order valence-electron chi connectivity index (χ3n) is 3.91. The quantitative estimate of drug-likeness (QED) is 0.889. The molecule has 6 heteroatoms. The molecule has 116 valence electrons. The molecule has 3 rings (SSSR count). The molecule has 1 amide bonds. The number of piperidine rings is 1. The molecule has 1 atom stereocenters. The monoisotopic (exact) mass is 316 g/mol. The van der Waals surface area contributed by atoms with Crippen LogP contribution >= 0.6 is 11.3 Å². The fourth-order valence-corrected chi connectivity index (χ4v) is 3.20. The first-order chi connectivity index (χ1) is 10.8. The Morgan fingerprint density at radius 1 is 1.32 bits per heavy atom. The van der Waals surface area contributed by atoms with E-state index in [1.807, 2.05) is 11.4 Å². The van der Waals surface area contributed by atoms with Gasteiger partial charge in [-0.05, 0) is 37.9 Å². The molecule has 1 unspecified atom stereocenters. The first-order valence-corrected chi connectivity index (χ1v) is 8.63. The minimum Gasteiger partial charge on any atom is -0.352 e. The molecule has 2 N–H and O–H groups in total. The van der Waals surface area contributed by atoms with E-state index in [0.717, 1.165) is 24.4 Å². The van der Waals surface area contributed by atoms with Crippen LogP contribution in [-0.2, 0) is 0 Å². The Hall–Kier alpha value is -1.79. The van der Waals surface area contributed by atoms with E-state index in [0.29, 0.717) is 18.2 Å². The van der Waals surface area contributed by atoms with Crippen LogP contribution in [0.1, 0.15) is 36.0 Å². The largest absolute Gasteiger partial charge is 0.352 e. The van der Waals surface area contributed by atoms with Gasteiger partial charge in [0.25, 0.3) is 5.91 Å². The zero-order valence-electron chi connectivity index (χ0n) is 12.4. The number of pyridine rings is 1. The van der Waals surface area contributed by atoms with Crippen LogP contribution in [0.15, 0.2) is 29.2 Å². The second-order valence-corrected chi connectivity index (χ2v) is 6.22. The Labute approximate surface area is 134 Å². The molecule has 1 aliphatic rings. The predicted octanol–water partition coefficient (Wildman–Crippen LogP) is 2.47. The number of aromatic nitrogens is 2. The highest BCUT2D eigenvalue weighted by Gasteiger charge is 2.13. The molecule has 0 radical (unpaired) electrons. The molecule has 0 aromatic carbocycles. The molecule has 2 aromatic rings. The van der Waals surface area contributed by atoms with Crippen LogP contribution in [0.25, 0.3) is 11.4 Å². The highest BCUT2D eigenvalue weighted by molar-refractivity contribution is 7.07. The minimum absolute atomic E-state index is 0.0619. The van der Waals surface area contributed by atoms with Gasteiger partial charge in [0.05, 0.1) is 22.5 Å². The number of amides is 1. The van der Waals surface area contributed by atoms with Gasteiger partial charge in [-0.2, -0.15) is 0 Å². The maximum atomic E-state index is 12.1. The Morgan fingerprint density at radius 3 is 2.95 bits per heavy atom. The van der Waals surface area contributed by atoms with E-state index in [1.54, 1.807) is 17.8 Å². The summed E-state index contributed by atoms with van der Waals surface area (Å²) in [4.78, 5) is 20.6. The van der Waals surface area contributed by atoms with E-state index in [2.05, 4.69) is 20.6 Å². The number of carbonyl (C=O) groups excluding carboxylic acids is 1. The molecule has 3 heterocycles. The van der Waals surface area contributed by atoms with Crippen molar-refractivity contribution in [3.8, 4) is 11.4 Å².